The molecular formula is C11H14Cl. The fourth-order valence-electron chi connectivity index (χ4n) is 1.22. The molecule has 0 unspecified atom stereocenters. The zero-order chi connectivity index (χ0) is 8.81. The molecule has 0 spiro atoms. The highest BCUT2D eigenvalue weighted by atomic mass is 35.5. The topological polar surface area (TPSA) is 0 Å². The van der Waals surface area contributed by atoms with E-state index in [-0.39, 0.29) is 0 Å². The SMILES string of the molecule is CCCCCc1cc[c]c(Cl)c1. The molecule has 0 atom stereocenters. The predicted molar refractivity (Wildman–Crippen MR) is 53.5 cm³/mol. The second-order valence-electron chi connectivity index (χ2n) is 3.00. The van der Waals surface area contributed by atoms with Crippen LogP contribution in [0.1, 0.15) is 31.7 Å². The molecule has 0 fully saturated rings. The first-order valence-electron chi connectivity index (χ1n) is 4.49. The third-order valence-electron chi connectivity index (χ3n) is 1.90. The van der Waals surface area contributed by atoms with E-state index < -0.39 is 0 Å². The highest BCUT2D eigenvalue weighted by molar-refractivity contribution is 6.30. The first kappa shape index (κ1) is 9.60. The van der Waals surface area contributed by atoms with Gasteiger partial charge in [0, 0.05) is 11.1 Å². The van der Waals surface area contributed by atoms with Crippen molar-refractivity contribution < 1.29 is 0 Å². The first-order chi connectivity index (χ1) is 5.83. The largest absolute Gasteiger partial charge is 0.0837 e. The molecule has 0 amide bonds. The fraction of sp³-hybridized carbons (Fsp3) is 0.455. The van der Waals surface area contributed by atoms with Gasteiger partial charge in [-0.05, 0) is 24.5 Å². The Morgan fingerprint density at radius 1 is 1.42 bits per heavy atom. The van der Waals surface area contributed by atoms with Crippen LogP contribution in [0.5, 0.6) is 0 Å². The van der Waals surface area contributed by atoms with Gasteiger partial charge in [0.25, 0.3) is 0 Å². The van der Waals surface area contributed by atoms with Crippen molar-refractivity contribution in [2.24, 2.45) is 0 Å². The molecule has 1 heteroatoms. The van der Waals surface area contributed by atoms with Gasteiger partial charge in [-0.25, -0.2) is 0 Å². The van der Waals surface area contributed by atoms with Crippen molar-refractivity contribution in [1.82, 2.24) is 0 Å². The molecule has 1 aromatic carbocycles. The molecule has 1 aromatic rings. The number of unbranched alkanes of at least 4 members (excludes halogenated alkanes) is 2. The van der Waals surface area contributed by atoms with Crippen molar-refractivity contribution in [3.63, 3.8) is 0 Å². The van der Waals surface area contributed by atoms with Gasteiger partial charge in [-0.3, -0.25) is 0 Å². The van der Waals surface area contributed by atoms with Gasteiger partial charge in [0.05, 0.1) is 0 Å². The van der Waals surface area contributed by atoms with Crippen LogP contribution in [0.3, 0.4) is 0 Å². The predicted octanol–water partition coefficient (Wildman–Crippen LogP) is 3.87. The molecule has 1 radical (unpaired) electrons. The summed E-state index contributed by atoms with van der Waals surface area (Å²) < 4.78 is 0. The Kier molecular flexibility index (Phi) is 4.16. The lowest BCUT2D eigenvalue weighted by molar-refractivity contribution is 0.717. The molecule has 0 heterocycles. The van der Waals surface area contributed by atoms with Crippen LogP contribution in [0.25, 0.3) is 0 Å². The van der Waals surface area contributed by atoms with Crippen molar-refractivity contribution in [3.05, 3.63) is 34.9 Å². The molecule has 12 heavy (non-hydrogen) atoms. The second-order valence-corrected chi connectivity index (χ2v) is 3.41. The molecule has 1 rings (SSSR count). The summed E-state index contributed by atoms with van der Waals surface area (Å²) in [4.78, 5) is 0. The molecule has 65 valence electrons. The van der Waals surface area contributed by atoms with Crippen molar-refractivity contribution >= 4 is 11.6 Å². The second kappa shape index (κ2) is 5.21. The number of hydrogen-bond acceptors (Lipinski definition) is 0. The summed E-state index contributed by atoms with van der Waals surface area (Å²) in [5, 5.41) is 0.726. The van der Waals surface area contributed by atoms with E-state index in [1.54, 1.807) is 0 Å². The number of hydrogen-bond donors (Lipinski definition) is 0. The van der Waals surface area contributed by atoms with Gasteiger partial charge in [0.15, 0.2) is 0 Å². The smallest absolute Gasteiger partial charge is 0.0487 e. The molecule has 0 N–H and O–H groups in total. The van der Waals surface area contributed by atoms with Crippen molar-refractivity contribution in [2.45, 2.75) is 32.6 Å². The van der Waals surface area contributed by atoms with Crippen LogP contribution < -0.4 is 0 Å². The van der Waals surface area contributed by atoms with E-state index in [4.69, 9.17) is 11.6 Å². The van der Waals surface area contributed by atoms with E-state index in [0.717, 1.165) is 11.4 Å². The van der Waals surface area contributed by atoms with Crippen LogP contribution in [0.2, 0.25) is 5.02 Å². The Hall–Kier alpha value is -0.490. The molecule has 0 aliphatic heterocycles. The van der Waals surface area contributed by atoms with Crippen LogP contribution in [-0.4, -0.2) is 0 Å². The maximum Gasteiger partial charge on any atom is 0.0487 e. The van der Waals surface area contributed by atoms with Gasteiger partial charge in [-0.15, -0.1) is 0 Å². The van der Waals surface area contributed by atoms with E-state index >= 15 is 0 Å². The molecule has 0 saturated carbocycles. The zero-order valence-electron chi connectivity index (χ0n) is 7.44. The lowest BCUT2D eigenvalue weighted by Crippen LogP contribution is -1.84. The summed E-state index contributed by atoms with van der Waals surface area (Å²) >= 11 is 5.80. The van der Waals surface area contributed by atoms with Crippen LogP contribution in [0.15, 0.2) is 18.2 Å². The Balaban J connectivity index is 2.41. The minimum atomic E-state index is 0.726. The number of aryl methyl sites for hydroxylation is 1. The number of rotatable bonds is 4. The highest BCUT2D eigenvalue weighted by Gasteiger charge is 1.93. The van der Waals surface area contributed by atoms with Crippen molar-refractivity contribution in [1.29, 1.82) is 0 Å². The van der Waals surface area contributed by atoms with E-state index in [0.29, 0.717) is 0 Å². The Morgan fingerprint density at radius 2 is 2.25 bits per heavy atom. The monoisotopic (exact) mass is 181 g/mol. The van der Waals surface area contributed by atoms with Crippen LogP contribution >= 0.6 is 11.6 Å². The average molecular weight is 182 g/mol. The van der Waals surface area contributed by atoms with Gasteiger partial charge in [0.1, 0.15) is 0 Å². The summed E-state index contributed by atoms with van der Waals surface area (Å²) in [6, 6.07) is 8.90. The summed E-state index contributed by atoms with van der Waals surface area (Å²) in [6.07, 6.45) is 4.97. The maximum atomic E-state index is 5.80. The Morgan fingerprint density at radius 3 is 2.92 bits per heavy atom. The molecule has 0 saturated heterocycles. The Labute approximate surface area is 79.6 Å². The van der Waals surface area contributed by atoms with Gasteiger partial charge >= 0.3 is 0 Å². The van der Waals surface area contributed by atoms with Gasteiger partial charge in [0.2, 0.25) is 0 Å². The fourth-order valence-corrected chi connectivity index (χ4v) is 1.42. The van der Waals surface area contributed by atoms with Crippen LogP contribution in [0.4, 0.5) is 0 Å². The van der Waals surface area contributed by atoms with Gasteiger partial charge < -0.3 is 0 Å². The molecule has 0 bridgehead atoms. The third kappa shape index (κ3) is 3.27. The van der Waals surface area contributed by atoms with Crippen molar-refractivity contribution in [2.75, 3.05) is 0 Å². The standard InChI is InChI=1S/C11H14Cl/c1-2-3-4-6-10-7-5-8-11(12)9-10/h5,7,9H,2-4,6H2,1H3. The number of benzene rings is 1. The minimum absolute atomic E-state index is 0.726. The van der Waals surface area contributed by atoms with Crippen molar-refractivity contribution in [3.8, 4) is 0 Å². The van der Waals surface area contributed by atoms with Crippen LogP contribution in [0, 0.1) is 6.07 Å². The summed E-state index contributed by atoms with van der Waals surface area (Å²) in [5.41, 5.74) is 1.33. The van der Waals surface area contributed by atoms with Gasteiger partial charge in [-0.1, -0.05) is 43.5 Å². The molecule has 0 aliphatic carbocycles. The Bertz CT molecular complexity index is 230. The molecule has 0 aliphatic rings. The quantitative estimate of drug-likeness (QED) is 0.619. The lowest BCUT2D eigenvalue weighted by Gasteiger charge is -1.99. The summed E-state index contributed by atoms with van der Waals surface area (Å²) in [7, 11) is 0. The minimum Gasteiger partial charge on any atom is -0.0837 e. The molecule has 0 nitrogen and oxygen atoms in total. The zero-order valence-corrected chi connectivity index (χ0v) is 8.19. The third-order valence-corrected chi connectivity index (χ3v) is 2.12. The summed E-state index contributed by atoms with van der Waals surface area (Å²) in [5.74, 6) is 0. The maximum absolute atomic E-state index is 5.80. The average Bonchev–Trinajstić information content (AvgIpc) is 2.05. The molecular weight excluding hydrogens is 168 g/mol. The molecule has 0 aromatic heterocycles. The highest BCUT2D eigenvalue weighted by Crippen LogP contribution is 2.12. The van der Waals surface area contributed by atoms with E-state index in [1.165, 1.54) is 24.8 Å². The van der Waals surface area contributed by atoms with E-state index in [2.05, 4.69) is 19.1 Å². The van der Waals surface area contributed by atoms with Crippen LogP contribution in [-0.2, 0) is 6.42 Å². The van der Waals surface area contributed by atoms with Gasteiger partial charge in [-0.2, -0.15) is 0 Å². The normalized spacial score (nSPS) is 10.2. The number of halogens is 1. The first-order valence-corrected chi connectivity index (χ1v) is 4.87. The van der Waals surface area contributed by atoms with E-state index in [9.17, 15) is 0 Å². The lowest BCUT2D eigenvalue weighted by atomic mass is 10.1. The van der Waals surface area contributed by atoms with E-state index in [1.807, 2.05) is 12.1 Å². The summed E-state index contributed by atoms with van der Waals surface area (Å²) in [6.45, 7) is 2.21.